The van der Waals surface area contributed by atoms with Crippen molar-refractivity contribution in [2.75, 3.05) is 18.1 Å². The highest BCUT2D eigenvalue weighted by molar-refractivity contribution is 7.91. The van der Waals surface area contributed by atoms with Crippen molar-refractivity contribution in [3.8, 4) is 11.3 Å². The van der Waals surface area contributed by atoms with Gasteiger partial charge in [-0.1, -0.05) is 6.92 Å². The largest absolute Gasteiger partial charge is 0.441 e. The summed E-state index contributed by atoms with van der Waals surface area (Å²) in [4.78, 5) is 18.5. The Labute approximate surface area is 158 Å². The van der Waals surface area contributed by atoms with Crippen LogP contribution in [0.5, 0.6) is 0 Å². The molecule has 146 valence electrons. The lowest BCUT2D eigenvalue weighted by molar-refractivity contribution is -0.133. The Morgan fingerprint density at radius 1 is 1.33 bits per heavy atom. The fourth-order valence-electron chi connectivity index (χ4n) is 3.30. The number of hydrogen-bond acceptors (Lipinski definition) is 5. The number of rotatable bonds is 7. The van der Waals surface area contributed by atoms with Crippen LogP contribution < -0.4 is 0 Å². The molecule has 2 heterocycles. The van der Waals surface area contributed by atoms with Crippen LogP contribution in [0, 0.1) is 5.82 Å². The van der Waals surface area contributed by atoms with Gasteiger partial charge < -0.3 is 9.32 Å². The van der Waals surface area contributed by atoms with E-state index in [2.05, 4.69) is 4.98 Å². The molecule has 1 aliphatic rings. The van der Waals surface area contributed by atoms with Gasteiger partial charge in [0.15, 0.2) is 21.5 Å². The number of carbonyl (C=O) groups is 1. The molecule has 0 bridgehead atoms. The first-order valence-electron chi connectivity index (χ1n) is 9.08. The molecule has 0 spiro atoms. The molecule has 1 atom stereocenters. The summed E-state index contributed by atoms with van der Waals surface area (Å²) in [6.07, 6.45) is 3.37. The van der Waals surface area contributed by atoms with Gasteiger partial charge in [0.1, 0.15) is 5.82 Å². The number of oxazole rings is 1. The third kappa shape index (κ3) is 4.94. The molecule has 2 aromatic rings. The summed E-state index contributed by atoms with van der Waals surface area (Å²) in [5.41, 5.74) is 0.713. The lowest BCUT2D eigenvalue weighted by Crippen LogP contribution is -2.41. The Kier molecular flexibility index (Phi) is 5.94. The van der Waals surface area contributed by atoms with E-state index >= 15 is 0 Å². The number of amides is 1. The van der Waals surface area contributed by atoms with Crippen LogP contribution in [0.1, 0.15) is 32.1 Å². The van der Waals surface area contributed by atoms with Gasteiger partial charge >= 0.3 is 0 Å². The van der Waals surface area contributed by atoms with E-state index in [1.807, 2.05) is 6.92 Å². The van der Waals surface area contributed by atoms with Crippen molar-refractivity contribution in [1.82, 2.24) is 9.88 Å². The zero-order chi connectivity index (χ0) is 19.4. The lowest BCUT2D eigenvalue weighted by Gasteiger charge is -2.27. The quantitative estimate of drug-likeness (QED) is 0.721. The molecule has 0 aliphatic carbocycles. The monoisotopic (exact) mass is 394 g/mol. The minimum atomic E-state index is -3.04. The summed E-state index contributed by atoms with van der Waals surface area (Å²) < 4.78 is 42.1. The summed E-state index contributed by atoms with van der Waals surface area (Å²) in [6, 6.07) is 5.67. The standard InChI is InChI=1S/C19H23FN2O4S/c1-2-10-22(16-9-11-27(24,25)13-16)19(23)8-7-18-21-12-17(26-18)14-3-5-15(20)6-4-14/h3-6,12,16H,2,7-11,13H2,1H3. The molecule has 3 rings (SSSR count). The maximum atomic E-state index is 13.0. The first-order valence-corrected chi connectivity index (χ1v) is 10.9. The van der Waals surface area contributed by atoms with Gasteiger partial charge in [-0.2, -0.15) is 0 Å². The molecule has 1 aromatic carbocycles. The Bertz CT molecular complexity index is 893. The van der Waals surface area contributed by atoms with E-state index in [1.54, 1.807) is 23.2 Å². The van der Waals surface area contributed by atoms with Gasteiger partial charge in [0, 0.05) is 31.0 Å². The zero-order valence-electron chi connectivity index (χ0n) is 15.2. The van der Waals surface area contributed by atoms with Crippen molar-refractivity contribution in [3.63, 3.8) is 0 Å². The topological polar surface area (TPSA) is 80.5 Å². The van der Waals surface area contributed by atoms with E-state index in [9.17, 15) is 17.6 Å². The van der Waals surface area contributed by atoms with E-state index in [4.69, 9.17) is 4.42 Å². The van der Waals surface area contributed by atoms with Crippen molar-refractivity contribution in [1.29, 1.82) is 0 Å². The first-order chi connectivity index (χ1) is 12.9. The van der Waals surface area contributed by atoms with Gasteiger partial charge in [-0.25, -0.2) is 17.8 Å². The van der Waals surface area contributed by atoms with Crippen LogP contribution in [0.3, 0.4) is 0 Å². The number of aromatic nitrogens is 1. The van der Waals surface area contributed by atoms with Gasteiger partial charge in [-0.3, -0.25) is 4.79 Å². The number of nitrogens with zero attached hydrogens (tertiary/aromatic N) is 2. The molecule has 1 amide bonds. The number of sulfone groups is 1. The number of aryl methyl sites for hydroxylation is 1. The number of carbonyl (C=O) groups excluding carboxylic acids is 1. The third-order valence-electron chi connectivity index (χ3n) is 4.67. The van der Waals surface area contributed by atoms with Crippen molar-refractivity contribution >= 4 is 15.7 Å². The van der Waals surface area contributed by atoms with E-state index in [1.165, 1.54) is 12.1 Å². The Hall–Kier alpha value is -2.22. The smallest absolute Gasteiger partial charge is 0.223 e. The number of halogens is 1. The molecular formula is C19H23FN2O4S. The average molecular weight is 394 g/mol. The van der Waals surface area contributed by atoms with Gasteiger partial charge in [0.2, 0.25) is 5.91 Å². The average Bonchev–Trinajstić information content (AvgIpc) is 3.24. The zero-order valence-corrected chi connectivity index (χ0v) is 16.0. The molecule has 0 N–H and O–H groups in total. The fourth-order valence-corrected chi connectivity index (χ4v) is 5.03. The summed E-state index contributed by atoms with van der Waals surface area (Å²) >= 11 is 0. The molecule has 8 heteroatoms. The van der Waals surface area contributed by atoms with Crippen LogP contribution in [-0.4, -0.2) is 48.3 Å². The van der Waals surface area contributed by atoms with Gasteiger partial charge in [0.05, 0.1) is 17.7 Å². The molecule has 1 unspecified atom stereocenters. The minimum Gasteiger partial charge on any atom is -0.441 e. The fraction of sp³-hybridized carbons (Fsp3) is 0.474. The second kappa shape index (κ2) is 8.21. The molecular weight excluding hydrogens is 371 g/mol. The van der Waals surface area contributed by atoms with Crippen molar-refractivity contribution in [2.24, 2.45) is 0 Å². The van der Waals surface area contributed by atoms with Crippen LogP contribution in [0.4, 0.5) is 4.39 Å². The molecule has 1 aromatic heterocycles. The highest BCUT2D eigenvalue weighted by Gasteiger charge is 2.34. The van der Waals surface area contributed by atoms with Crippen LogP contribution in [0.25, 0.3) is 11.3 Å². The normalized spacial score (nSPS) is 18.5. The summed E-state index contributed by atoms with van der Waals surface area (Å²) in [5.74, 6) is 0.732. The summed E-state index contributed by atoms with van der Waals surface area (Å²) in [6.45, 7) is 2.51. The van der Waals surface area contributed by atoms with Crippen molar-refractivity contribution < 1.29 is 22.0 Å². The van der Waals surface area contributed by atoms with Crippen molar-refractivity contribution in [2.45, 2.75) is 38.6 Å². The van der Waals surface area contributed by atoms with Gasteiger partial charge in [0.25, 0.3) is 0 Å². The Morgan fingerprint density at radius 2 is 2.07 bits per heavy atom. The van der Waals surface area contributed by atoms with Crippen LogP contribution in [0.15, 0.2) is 34.9 Å². The molecule has 0 radical (unpaired) electrons. The van der Waals surface area contributed by atoms with Crippen LogP contribution in [-0.2, 0) is 21.1 Å². The first kappa shape index (κ1) is 19.5. The molecule has 1 aliphatic heterocycles. The predicted molar refractivity (Wildman–Crippen MR) is 99.3 cm³/mol. The number of benzene rings is 1. The van der Waals surface area contributed by atoms with Crippen LogP contribution in [0.2, 0.25) is 0 Å². The molecule has 6 nitrogen and oxygen atoms in total. The maximum Gasteiger partial charge on any atom is 0.223 e. The van der Waals surface area contributed by atoms with E-state index in [0.29, 0.717) is 36.6 Å². The third-order valence-corrected chi connectivity index (χ3v) is 6.42. The Balaban J connectivity index is 1.61. The second-order valence-electron chi connectivity index (χ2n) is 6.77. The van der Waals surface area contributed by atoms with Crippen molar-refractivity contribution in [3.05, 3.63) is 42.2 Å². The number of hydrogen-bond donors (Lipinski definition) is 0. The molecule has 0 saturated carbocycles. The molecule has 1 fully saturated rings. The molecule has 27 heavy (non-hydrogen) atoms. The van der Waals surface area contributed by atoms with Gasteiger partial charge in [-0.05, 0) is 37.1 Å². The summed E-state index contributed by atoms with van der Waals surface area (Å²) in [5, 5.41) is 0. The lowest BCUT2D eigenvalue weighted by atomic mass is 10.1. The van der Waals surface area contributed by atoms with Gasteiger partial charge in [-0.15, -0.1) is 0 Å². The highest BCUT2D eigenvalue weighted by Crippen LogP contribution is 2.22. The maximum absolute atomic E-state index is 13.0. The highest BCUT2D eigenvalue weighted by atomic mass is 32.2. The SMILES string of the molecule is CCCN(C(=O)CCc1ncc(-c2ccc(F)cc2)o1)C1CCS(=O)(=O)C1. The summed E-state index contributed by atoms with van der Waals surface area (Å²) in [7, 11) is -3.04. The second-order valence-corrected chi connectivity index (χ2v) is 9.00. The molecule has 1 saturated heterocycles. The van der Waals surface area contributed by atoms with E-state index in [0.717, 1.165) is 6.42 Å². The van der Waals surface area contributed by atoms with E-state index in [-0.39, 0.29) is 35.7 Å². The Morgan fingerprint density at radius 3 is 2.70 bits per heavy atom. The predicted octanol–water partition coefficient (Wildman–Crippen LogP) is 2.84. The van der Waals surface area contributed by atoms with Crippen LogP contribution >= 0.6 is 0 Å². The minimum absolute atomic E-state index is 0.0481. The van der Waals surface area contributed by atoms with E-state index < -0.39 is 9.84 Å².